The fourth-order valence-corrected chi connectivity index (χ4v) is 3.88. The van der Waals surface area contributed by atoms with Crippen molar-refractivity contribution >= 4 is 24.5 Å². The molecule has 140 valence electrons. The number of nitrogens with zero attached hydrogens (tertiary/aromatic N) is 1. The molecule has 1 aliphatic rings. The van der Waals surface area contributed by atoms with Crippen molar-refractivity contribution in [2.75, 3.05) is 20.6 Å². The second-order valence-electron chi connectivity index (χ2n) is 7.18. The van der Waals surface area contributed by atoms with E-state index in [1.54, 1.807) is 6.08 Å². The van der Waals surface area contributed by atoms with Crippen molar-refractivity contribution in [1.29, 1.82) is 0 Å². The molecular weight excluding hydrogens is 334 g/mol. The van der Waals surface area contributed by atoms with E-state index in [4.69, 9.17) is 4.74 Å². The van der Waals surface area contributed by atoms with Gasteiger partial charge in [-0.2, -0.15) is 0 Å². The number of carbonyl (C=O) groups excluding carboxylic acids is 1. The number of rotatable bonds is 7. The Morgan fingerprint density at radius 1 is 1.28 bits per heavy atom. The molecule has 0 aliphatic heterocycles. The average Bonchev–Trinajstić information content (AvgIpc) is 2.56. The molecule has 1 aromatic rings. The van der Waals surface area contributed by atoms with Gasteiger partial charge in [0.1, 0.15) is 5.60 Å². The molecule has 2 unspecified atom stereocenters. The number of halogens is 1. The van der Waals surface area contributed by atoms with Gasteiger partial charge in [-0.3, -0.25) is 0 Å². The van der Waals surface area contributed by atoms with E-state index in [2.05, 4.69) is 25.9 Å². The first-order chi connectivity index (χ1) is 11.6. The molecule has 0 radical (unpaired) electrons. The smallest absolute Gasteiger partial charge is 0.331 e. The van der Waals surface area contributed by atoms with Crippen LogP contribution >= 0.6 is 12.4 Å². The fraction of sp³-hybridized carbons (Fsp3) is 0.571. The Hall–Kier alpha value is -1.32. The minimum atomic E-state index is -0.296. The fourth-order valence-electron chi connectivity index (χ4n) is 3.88. The van der Waals surface area contributed by atoms with Gasteiger partial charge in [0.25, 0.3) is 0 Å². The van der Waals surface area contributed by atoms with Crippen molar-refractivity contribution in [2.24, 2.45) is 5.92 Å². The molecule has 4 heteroatoms. The first-order valence-corrected chi connectivity index (χ1v) is 9.16. The molecule has 1 aromatic carbocycles. The topological polar surface area (TPSA) is 29.5 Å². The summed E-state index contributed by atoms with van der Waals surface area (Å²) in [5.74, 6) is 0.216. The number of carbonyl (C=O) groups is 1. The first kappa shape index (κ1) is 21.7. The van der Waals surface area contributed by atoms with Crippen molar-refractivity contribution in [2.45, 2.75) is 51.0 Å². The van der Waals surface area contributed by atoms with Crippen molar-refractivity contribution in [3.05, 3.63) is 42.0 Å². The Morgan fingerprint density at radius 3 is 2.64 bits per heavy atom. The van der Waals surface area contributed by atoms with E-state index in [-0.39, 0.29) is 24.0 Å². The summed E-state index contributed by atoms with van der Waals surface area (Å²) in [5.41, 5.74) is 0.725. The largest absolute Gasteiger partial charge is 0.456 e. The zero-order chi connectivity index (χ0) is 17.4. The summed E-state index contributed by atoms with van der Waals surface area (Å²) in [4.78, 5) is 14.7. The molecule has 3 nitrogen and oxygen atoms in total. The quantitative estimate of drug-likeness (QED) is 0.505. The van der Waals surface area contributed by atoms with Crippen LogP contribution in [0.3, 0.4) is 0 Å². The van der Waals surface area contributed by atoms with Crippen LogP contribution in [0.4, 0.5) is 0 Å². The molecule has 1 saturated carbocycles. The van der Waals surface area contributed by atoms with Gasteiger partial charge in [0.2, 0.25) is 0 Å². The number of ether oxygens (including phenoxy) is 1. The summed E-state index contributed by atoms with van der Waals surface area (Å²) in [6.07, 6.45) is 9.94. The Morgan fingerprint density at radius 2 is 2.00 bits per heavy atom. The van der Waals surface area contributed by atoms with E-state index < -0.39 is 0 Å². The van der Waals surface area contributed by atoms with Gasteiger partial charge >= 0.3 is 5.97 Å². The minimum Gasteiger partial charge on any atom is -0.456 e. The highest BCUT2D eigenvalue weighted by Gasteiger charge is 2.43. The Labute approximate surface area is 158 Å². The summed E-state index contributed by atoms with van der Waals surface area (Å²) in [5, 5.41) is 0. The summed E-state index contributed by atoms with van der Waals surface area (Å²) < 4.78 is 6.10. The van der Waals surface area contributed by atoms with Crippen LogP contribution in [0.2, 0.25) is 0 Å². The monoisotopic (exact) mass is 365 g/mol. The summed E-state index contributed by atoms with van der Waals surface area (Å²) in [7, 11) is 4.20. The van der Waals surface area contributed by atoms with Crippen LogP contribution in [0.25, 0.3) is 6.08 Å². The maximum Gasteiger partial charge on any atom is 0.331 e. The summed E-state index contributed by atoms with van der Waals surface area (Å²) in [6.45, 7) is 3.16. The van der Waals surface area contributed by atoms with Gasteiger partial charge in [0.05, 0.1) is 0 Å². The Balaban J connectivity index is 0.00000312. The summed E-state index contributed by atoms with van der Waals surface area (Å²) in [6, 6.07) is 9.89. The second kappa shape index (κ2) is 10.6. The average molecular weight is 366 g/mol. The zero-order valence-corrected chi connectivity index (χ0v) is 16.6. The highest BCUT2D eigenvalue weighted by Crippen LogP contribution is 2.41. The lowest BCUT2D eigenvalue weighted by molar-refractivity contribution is -0.167. The van der Waals surface area contributed by atoms with Crippen LogP contribution in [-0.2, 0) is 9.53 Å². The van der Waals surface area contributed by atoms with Gasteiger partial charge in [-0.05, 0) is 51.4 Å². The molecule has 0 saturated heterocycles. The van der Waals surface area contributed by atoms with Crippen LogP contribution in [0.1, 0.15) is 51.0 Å². The van der Waals surface area contributed by atoms with E-state index in [1.807, 2.05) is 36.4 Å². The van der Waals surface area contributed by atoms with E-state index in [0.29, 0.717) is 5.92 Å². The molecule has 2 rings (SSSR count). The van der Waals surface area contributed by atoms with Gasteiger partial charge in [-0.25, -0.2) is 4.79 Å². The van der Waals surface area contributed by atoms with Crippen molar-refractivity contribution < 1.29 is 9.53 Å². The van der Waals surface area contributed by atoms with Crippen molar-refractivity contribution in [1.82, 2.24) is 4.90 Å². The molecule has 0 N–H and O–H groups in total. The highest BCUT2D eigenvalue weighted by atomic mass is 35.5. The molecule has 0 heterocycles. The lowest BCUT2D eigenvalue weighted by Gasteiger charge is -2.44. The number of hydrogen-bond donors (Lipinski definition) is 0. The van der Waals surface area contributed by atoms with Gasteiger partial charge in [-0.1, -0.05) is 50.1 Å². The Bertz CT molecular complexity index is 540. The molecule has 0 amide bonds. The predicted molar refractivity (Wildman–Crippen MR) is 107 cm³/mol. The number of esters is 1. The third-order valence-electron chi connectivity index (χ3n) is 4.92. The molecule has 25 heavy (non-hydrogen) atoms. The van der Waals surface area contributed by atoms with Crippen molar-refractivity contribution in [3.63, 3.8) is 0 Å². The van der Waals surface area contributed by atoms with E-state index >= 15 is 0 Å². The molecule has 0 aromatic heterocycles. The SMILES string of the molecule is CCCC1(OC(=O)/C=C\c2ccccc2)CCCCC1CN(C)C.Cl. The van der Waals surface area contributed by atoms with Crippen LogP contribution in [-0.4, -0.2) is 37.1 Å². The van der Waals surface area contributed by atoms with Crippen LogP contribution in [0.15, 0.2) is 36.4 Å². The van der Waals surface area contributed by atoms with Gasteiger partial charge in [0.15, 0.2) is 0 Å². The minimum absolute atomic E-state index is 0. The molecular formula is C21H32ClNO2. The van der Waals surface area contributed by atoms with Gasteiger partial charge in [0, 0.05) is 18.5 Å². The zero-order valence-electron chi connectivity index (χ0n) is 15.7. The standard InChI is InChI=1S/C21H31NO2.ClH/c1-4-15-21(16-9-8-12-19(21)17-22(2)3)24-20(23)14-13-18-10-6-5-7-11-18;/h5-7,10-11,13-14,19H,4,8-9,12,15-17H2,1-3H3;1H/b14-13-;. The van der Waals surface area contributed by atoms with Crippen LogP contribution < -0.4 is 0 Å². The maximum atomic E-state index is 12.5. The third-order valence-corrected chi connectivity index (χ3v) is 4.92. The van der Waals surface area contributed by atoms with E-state index in [1.165, 1.54) is 6.42 Å². The lowest BCUT2D eigenvalue weighted by atomic mass is 9.72. The molecule has 2 atom stereocenters. The van der Waals surface area contributed by atoms with Gasteiger partial charge < -0.3 is 9.64 Å². The number of hydrogen-bond acceptors (Lipinski definition) is 3. The normalized spacial score (nSPS) is 23.4. The predicted octanol–water partition coefficient (Wildman–Crippen LogP) is 4.96. The molecule has 0 bridgehead atoms. The second-order valence-corrected chi connectivity index (χ2v) is 7.18. The number of benzene rings is 1. The maximum absolute atomic E-state index is 12.5. The Kier molecular flexibility index (Phi) is 9.23. The third kappa shape index (κ3) is 6.48. The molecule has 1 aliphatic carbocycles. The van der Waals surface area contributed by atoms with Gasteiger partial charge in [-0.15, -0.1) is 12.4 Å². The van der Waals surface area contributed by atoms with Crippen molar-refractivity contribution in [3.8, 4) is 0 Å². The van der Waals surface area contributed by atoms with Crippen LogP contribution in [0.5, 0.6) is 0 Å². The lowest BCUT2D eigenvalue weighted by Crippen LogP contribution is -2.48. The van der Waals surface area contributed by atoms with Crippen LogP contribution in [0, 0.1) is 5.92 Å². The summed E-state index contributed by atoms with van der Waals surface area (Å²) >= 11 is 0. The van der Waals surface area contributed by atoms with E-state index in [0.717, 1.165) is 44.2 Å². The molecule has 0 spiro atoms. The molecule has 1 fully saturated rings. The highest BCUT2D eigenvalue weighted by molar-refractivity contribution is 5.87. The van der Waals surface area contributed by atoms with E-state index in [9.17, 15) is 4.79 Å². The first-order valence-electron chi connectivity index (χ1n) is 9.16.